The Bertz CT molecular complexity index is 942. The van der Waals surface area contributed by atoms with Crippen LogP contribution in [0.3, 0.4) is 0 Å². The van der Waals surface area contributed by atoms with Gasteiger partial charge in [0.25, 0.3) is 0 Å². The summed E-state index contributed by atoms with van der Waals surface area (Å²) in [5, 5.41) is 4.15. The largest absolute Gasteiger partial charge is 0.373 e. The summed E-state index contributed by atoms with van der Waals surface area (Å²) in [7, 11) is 0. The molecule has 1 amide bonds. The molecule has 1 aliphatic rings. The van der Waals surface area contributed by atoms with Crippen molar-refractivity contribution in [2.75, 3.05) is 18.4 Å². The first-order valence-corrected chi connectivity index (χ1v) is 10.9. The Labute approximate surface area is 175 Å². The molecule has 0 bridgehead atoms. The van der Waals surface area contributed by atoms with Gasteiger partial charge in [-0.05, 0) is 50.6 Å². The highest BCUT2D eigenvalue weighted by Crippen LogP contribution is 2.24. The summed E-state index contributed by atoms with van der Waals surface area (Å²) in [5.74, 6) is 0.0187. The van der Waals surface area contributed by atoms with Gasteiger partial charge in [0.1, 0.15) is 0 Å². The zero-order valence-corrected chi connectivity index (χ0v) is 17.9. The summed E-state index contributed by atoms with van der Waals surface area (Å²) in [6.45, 7) is 7.62. The van der Waals surface area contributed by atoms with Crippen LogP contribution in [-0.4, -0.2) is 47.1 Å². The third kappa shape index (κ3) is 4.83. The van der Waals surface area contributed by atoms with Crippen LogP contribution in [0.2, 0.25) is 0 Å². The number of rotatable bonds is 5. The number of morpholine rings is 1. The number of ether oxygens (including phenoxy) is 1. The highest BCUT2D eigenvalue weighted by Gasteiger charge is 2.29. The Hall–Kier alpha value is -2.28. The molecule has 29 heavy (non-hydrogen) atoms. The van der Waals surface area contributed by atoms with Crippen LogP contribution in [0.1, 0.15) is 31.3 Å². The van der Waals surface area contributed by atoms with E-state index < -0.39 is 0 Å². The van der Waals surface area contributed by atoms with E-state index in [1.54, 1.807) is 11.3 Å². The quantitative estimate of drug-likeness (QED) is 0.682. The zero-order chi connectivity index (χ0) is 20.4. The summed E-state index contributed by atoms with van der Waals surface area (Å²) >= 11 is 1.73. The highest BCUT2D eigenvalue weighted by molar-refractivity contribution is 7.18. The molecule has 152 valence electrons. The second-order valence-corrected chi connectivity index (χ2v) is 8.94. The van der Waals surface area contributed by atoms with Gasteiger partial charge in [0.05, 0.1) is 33.5 Å². The van der Waals surface area contributed by atoms with Crippen molar-refractivity contribution in [3.63, 3.8) is 0 Å². The van der Waals surface area contributed by atoms with Crippen molar-refractivity contribution in [3.8, 4) is 0 Å². The maximum atomic E-state index is 12.7. The van der Waals surface area contributed by atoms with E-state index in [1.807, 2.05) is 37.3 Å². The lowest BCUT2D eigenvalue weighted by atomic mass is 10.1. The predicted molar refractivity (Wildman–Crippen MR) is 119 cm³/mol. The average Bonchev–Trinajstić information content (AvgIpc) is 3.10. The lowest BCUT2D eigenvalue weighted by Crippen LogP contribution is -2.52. The van der Waals surface area contributed by atoms with Crippen molar-refractivity contribution in [1.29, 1.82) is 0 Å². The number of fused-ring (bicyclic) bond motifs is 1. The van der Waals surface area contributed by atoms with Gasteiger partial charge >= 0.3 is 0 Å². The van der Waals surface area contributed by atoms with Gasteiger partial charge in [-0.2, -0.15) is 0 Å². The second-order valence-electron chi connectivity index (χ2n) is 7.83. The Morgan fingerprint density at radius 1 is 1.17 bits per heavy atom. The number of aromatic nitrogens is 1. The molecule has 2 heterocycles. The number of carbonyl (C=O) groups is 1. The van der Waals surface area contributed by atoms with Crippen molar-refractivity contribution < 1.29 is 9.53 Å². The minimum absolute atomic E-state index is 0.0187. The van der Waals surface area contributed by atoms with Gasteiger partial charge in [0.15, 0.2) is 0 Å². The monoisotopic (exact) mass is 409 g/mol. The van der Waals surface area contributed by atoms with Crippen LogP contribution in [0.4, 0.5) is 5.69 Å². The minimum Gasteiger partial charge on any atom is -0.373 e. The lowest BCUT2D eigenvalue weighted by molar-refractivity contribution is -0.126. The molecule has 1 saturated heterocycles. The number of carbonyl (C=O) groups excluding carboxylic acids is 1. The van der Waals surface area contributed by atoms with Crippen LogP contribution in [0.15, 0.2) is 48.5 Å². The number of thiazole rings is 1. The molecule has 6 heteroatoms. The first-order valence-electron chi connectivity index (χ1n) is 10.1. The van der Waals surface area contributed by atoms with Crippen molar-refractivity contribution in [1.82, 2.24) is 9.88 Å². The van der Waals surface area contributed by atoms with E-state index in [2.05, 4.69) is 42.3 Å². The normalized spacial score (nSPS) is 21.2. The fourth-order valence-corrected chi connectivity index (χ4v) is 4.82. The molecular weight excluding hydrogens is 382 g/mol. The van der Waals surface area contributed by atoms with Gasteiger partial charge in [-0.3, -0.25) is 9.69 Å². The van der Waals surface area contributed by atoms with Crippen LogP contribution < -0.4 is 5.32 Å². The molecule has 0 radical (unpaired) electrons. The molecule has 0 saturated carbocycles. The van der Waals surface area contributed by atoms with Crippen molar-refractivity contribution in [2.45, 2.75) is 45.4 Å². The average molecular weight is 410 g/mol. The smallest absolute Gasteiger partial charge is 0.241 e. The number of amides is 1. The molecular formula is C23H27N3O2S. The Morgan fingerprint density at radius 2 is 1.86 bits per heavy atom. The second kappa shape index (κ2) is 8.61. The van der Waals surface area contributed by atoms with Crippen LogP contribution >= 0.6 is 11.3 Å². The van der Waals surface area contributed by atoms with Crippen molar-refractivity contribution in [3.05, 3.63) is 59.1 Å². The Balaban J connectivity index is 1.36. The molecule has 3 aromatic rings. The van der Waals surface area contributed by atoms with E-state index >= 15 is 0 Å². The molecule has 3 atom stereocenters. The van der Waals surface area contributed by atoms with Crippen LogP contribution in [-0.2, 0) is 16.0 Å². The molecule has 1 aromatic heterocycles. The highest BCUT2D eigenvalue weighted by atomic mass is 32.1. The predicted octanol–water partition coefficient (Wildman–Crippen LogP) is 4.32. The summed E-state index contributed by atoms with van der Waals surface area (Å²) in [5.41, 5.74) is 3.06. The van der Waals surface area contributed by atoms with E-state index in [-0.39, 0.29) is 24.2 Å². The number of para-hydroxylation sites is 1. The van der Waals surface area contributed by atoms with Gasteiger partial charge in [0, 0.05) is 25.2 Å². The summed E-state index contributed by atoms with van der Waals surface area (Å²) in [6.07, 6.45) is 1.10. The fraction of sp³-hybridized carbons (Fsp3) is 0.391. The lowest BCUT2D eigenvalue weighted by Gasteiger charge is -2.38. The first kappa shape index (κ1) is 20.0. The molecule has 5 nitrogen and oxygen atoms in total. The van der Waals surface area contributed by atoms with E-state index in [0.717, 1.165) is 35.7 Å². The number of anilines is 1. The molecule has 0 aliphatic carbocycles. The van der Waals surface area contributed by atoms with Crippen molar-refractivity contribution in [2.24, 2.45) is 0 Å². The van der Waals surface area contributed by atoms with Crippen LogP contribution in [0, 0.1) is 0 Å². The van der Waals surface area contributed by atoms with Crippen molar-refractivity contribution >= 4 is 33.1 Å². The van der Waals surface area contributed by atoms with Gasteiger partial charge in [0.2, 0.25) is 5.91 Å². The van der Waals surface area contributed by atoms with Gasteiger partial charge in [-0.1, -0.05) is 24.3 Å². The van der Waals surface area contributed by atoms with Gasteiger partial charge < -0.3 is 10.1 Å². The van der Waals surface area contributed by atoms with Crippen LogP contribution in [0.25, 0.3) is 10.2 Å². The molecule has 1 fully saturated rings. The number of benzene rings is 2. The van der Waals surface area contributed by atoms with Gasteiger partial charge in [-0.25, -0.2) is 4.98 Å². The van der Waals surface area contributed by atoms with E-state index in [0.29, 0.717) is 0 Å². The van der Waals surface area contributed by atoms with Crippen LogP contribution in [0.5, 0.6) is 0 Å². The fourth-order valence-electron chi connectivity index (χ4n) is 3.82. The first-order chi connectivity index (χ1) is 14.0. The zero-order valence-electron chi connectivity index (χ0n) is 17.1. The molecule has 4 rings (SSSR count). The molecule has 0 unspecified atom stereocenters. The summed E-state index contributed by atoms with van der Waals surface area (Å²) < 4.78 is 6.98. The third-order valence-corrected chi connectivity index (χ3v) is 6.33. The molecule has 1 aliphatic heterocycles. The number of nitrogens with zero attached hydrogens (tertiary/aromatic N) is 2. The molecule has 1 N–H and O–H groups in total. The summed E-state index contributed by atoms with van der Waals surface area (Å²) in [4.78, 5) is 19.6. The van der Waals surface area contributed by atoms with E-state index in [4.69, 9.17) is 9.72 Å². The third-order valence-electron chi connectivity index (χ3n) is 5.29. The van der Waals surface area contributed by atoms with E-state index in [1.165, 1.54) is 10.3 Å². The standard InChI is InChI=1S/C23H27N3O2S/c1-15-13-26(14-16(2)28-15)17(3)23(27)24-19-10-8-18(9-11-19)12-22-25-20-6-4-5-7-21(20)29-22/h4-11,15-17H,12-14H2,1-3H3,(H,24,27)/t15-,16-,17-/m1/s1. The number of hydrogen-bond acceptors (Lipinski definition) is 5. The molecule has 2 aromatic carbocycles. The molecule has 0 spiro atoms. The SMILES string of the molecule is C[C@@H]1CN([C@H](C)C(=O)Nc2ccc(Cc3nc4ccccc4s3)cc2)C[C@@H](C)O1. The minimum atomic E-state index is -0.189. The topological polar surface area (TPSA) is 54.5 Å². The number of hydrogen-bond donors (Lipinski definition) is 1. The van der Waals surface area contributed by atoms with Gasteiger partial charge in [-0.15, -0.1) is 11.3 Å². The Kier molecular flexibility index (Phi) is 5.94. The number of nitrogens with one attached hydrogen (secondary N) is 1. The maximum absolute atomic E-state index is 12.7. The Morgan fingerprint density at radius 3 is 2.55 bits per heavy atom. The summed E-state index contributed by atoms with van der Waals surface area (Å²) in [6, 6.07) is 16.1. The maximum Gasteiger partial charge on any atom is 0.241 e. The van der Waals surface area contributed by atoms with E-state index in [9.17, 15) is 4.79 Å².